The molecule has 0 aliphatic heterocycles. The van der Waals surface area contributed by atoms with Crippen molar-refractivity contribution >= 4 is 22.9 Å². The first-order valence-corrected chi connectivity index (χ1v) is 10.5. The molecule has 2 saturated carbocycles. The zero-order chi connectivity index (χ0) is 20.5. The van der Waals surface area contributed by atoms with Crippen LogP contribution in [0.15, 0.2) is 41.5 Å². The second-order valence-electron chi connectivity index (χ2n) is 8.03. The largest absolute Gasteiger partial charge is 0.594 e. The summed E-state index contributed by atoms with van der Waals surface area (Å²) in [5, 5.41) is 17.4. The standard InChI is InChI=1S/C24H26N2O3/c1-3-23(27)19-11-9-17(15-5-6-15)13-21(19)25-26(29)22-14-18(16-7-8-16)10-12-20(22)24(28)4-2/h9-16H,3-8H2,1-2H3. The smallest absolute Gasteiger partial charge is 0.255 e. The molecule has 2 aromatic rings. The molecule has 0 unspecified atom stereocenters. The highest BCUT2D eigenvalue weighted by molar-refractivity contribution is 6.01. The van der Waals surface area contributed by atoms with Crippen molar-refractivity contribution in [1.82, 2.24) is 0 Å². The van der Waals surface area contributed by atoms with Crippen LogP contribution < -0.4 is 0 Å². The van der Waals surface area contributed by atoms with E-state index in [1.54, 1.807) is 32.0 Å². The molecule has 5 heteroatoms. The van der Waals surface area contributed by atoms with E-state index in [2.05, 4.69) is 5.11 Å². The molecule has 0 aromatic heterocycles. The molecule has 150 valence electrons. The molecular formula is C24H26N2O3. The van der Waals surface area contributed by atoms with Crippen molar-refractivity contribution in [2.24, 2.45) is 5.11 Å². The molecule has 0 amide bonds. The van der Waals surface area contributed by atoms with Gasteiger partial charge in [-0.25, -0.2) is 0 Å². The molecule has 0 heterocycles. The van der Waals surface area contributed by atoms with Gasteiger partial charge in [-0.2, -0.15) is 0 Å². The third kappa shape index (κ3) is 4.14. The van der Waals surface area contributed by atoms with Gasteiger partial charge in [0.1, 0.15) is 5.69 Å². The van der Waals surface area contributed by atoms with Gasteiger partial charge >= 0.3 is 0 Å². The van der Waals surface area contributed by atoms with Gasteiger partial charge in [0, 0.05) is 29.6 Å². The van der Waals surface area contributed by atoms with Gasteiger partial charge in [0.25, 0.3) is 5.69 Å². The van der Waals surface area contributed by atoms with Crippen LogP contribution >= 0.6 is 0 Å². The topological polar surface area (TPSA) is 72.6 Å². The lowest BCUT2D eigenvalue weighted by molar-refractivity contribution is -0.435. The Morgan fingerprint density at radius 3 is 1.97 bits per heavy atom. The van der Waals surface area contributed by atoms with E-state index in [1.807, 2.05) is 18.2 Å². The molecule has 0 radical (unpaired) electrons. The zero-order valence-corrected chi connectivity index (χ0v) is 17.0. The first-order valence-electron chi connectivity index (χ1n) is 10.5. The summed E-state index contributed by atoms with van der Waals surface area (Å²) in [4.78, 5) is 25.3. The lowest BCUT2D eigenvalue weighted by Crippen LogP contribution is -2.05. The molecule has 29 heavy (non-hydrogen) atoms. The van der Waals surface area contributed by atoms with E-state index in [1.165, 1.54) is 0 Å². The third-order valence-corrected chi connectivity index (χ3v) is 5.79. The summed E-state index contributed by atoms with van der Waals surface area (Å²) in [5.41, 5.74) is 3.69. The number of carbonyl (C=O) groups is 2. The fourth-order valence-electron chi connectivity index (χ4n) is 3.68. The van der Waals surface area contributed by atoms with Crippen LogP contribution in [0.3, 0.4) is 0 Å². The summed E-state index contributed by atoms with van der Waals surface area (Å²) in [6, 6.07) is 11.1. The lowest BCUT2D eigenvalue weighted by atomic mass is 10.0. The molecule has 0 spiro atoms. The monoisotopic (exact) mass is 390 g/mol. The summed E-state index contributed by atoms with van der Waals surface area (Å²) in [7, 11) is 0. The number of hydrogen-bond donors (Lipinski definition) is 0. The van der Waals surface area contributed by atoms with Crippen molar-refractivity contribution in [1.29, 1.82) is 0 Å². The maximum atomic E-state index is 13.1. The number of nitrogens with zero attached hydrogens (tertiary/aromatic N) is 2. The van der Waals surface area contributed by atoms with Crippen LogP contribution in [0.5, 0.6) is 0 Å². The molecule has 2 aromatic carbocycles. The molecule has 2 fully saturated rings. The van der Waals surface area contributed by atoms with E-state index in [0.29, 0.717) is 46.4 Å². The Hall–Kier alpha value is -2.82. The summed E-state index contributed by atoms with van der Waals surface area (Å²) < 4.78 is 0. The van der Waals surface area contributed by atoms with Crippen LogP contribution in [-0.4, -0.2) is 16.4 Å². The van der Waals surface area contributed by atoms with E-state index < -0.39 is 0 Å². The van der Waals surface area contributed by atoms with E-state index in [-0.39, 0.29) is 17.3 Å². The van der Waals surface area contributed by atoms with Gasteiger partial charge < -0.3 is 5.21 Å². The summed E-state index contributed by atoms with van der Waals surface area (Å²) in [6.07, 6.45) is 5.13. The highest BCUT2D eigenvalue weighted by atomic mass is 16.5. The van der Waals surface area contributed by atoms with Crippen LogP contribution in [0.1, 0.15) is 96.1 Å². The normalized spacial score (nSPS) is 16.7. The SMILES string of the molecule is CCC(=O)c1ccc(C2CC2)cc1N=[N+]([O-])c1cc(C2CC2)ccc1C(=O)CC. The van der Waals surface area contributed by atoms with Crippen molar-refractivity contribution in [2.75, 3.05) is 0 Å². The van der Waals surface area contributed by atoms with E-state index >= 15 is 0 Å². The van der Waals surface area contributed by atoms with Crippen molar-refractivity contribution in [3.05, 3.63) is 63.9 Å². The van der Waals surface area contributed by atoms with Crippen molar-refractivity contribution in [3.63, 3.8) is 0 Å². The summed E-state index contributed by atoms with van der Waals surface area (Å²) in [6.45, 7) is 3.58. The Kier molecular flexibility index (Phi) is 5.31. The van der Waals surface area contributed by atoms with Gasteiger partial charge in [0.15, 0.2) is 11.6 Å². The van der Waals surface area contributed by atoms with E-state index in [4.69, 9.17) is 0 Å². The molecule has 5 nitrogen and oxygen atoms in total. The Bertz CT molecular complexity index is 1000. The second kappa shape index (κ2) is 7.90. The Labute approximate surface area is 171 Å². The van der Waals surface area contributed by atoms with Gasteiger partial charge in [-0.15, -0.1) is 0 Å². The highest BCUT2D eigenvalue weighted by Gasteiger charge is 2.28. The minimum Gasteiger partial charge on any atom is -0.594 e. The third-order valence-electron chi connectivity index (χ3n) is 5.79. The molecule has 0 atom stereocenters. The van der Waals surface area contributed by atoms with Crippen LogP contribution in [0.4, 0.5) is 11.4 Å². The first-order chi connectivity index (χ1) is 14.0. The molecule has 0 saturated heterocycles. The average Bonchev–Trinajstić information content (AvgIpc) is 3.64. The van der Waals surface area contributed by atoms with E-state index in [9.17, 15) is 14.8 Å². The summed E-state index contributed by atoms with van der Waals surface area (Å²) >= 11 is 0. The zero-order valence-electron chi connectivity index (χ0n) is 17.0. The molecule has 2 aliphatic carbocycles. The Morgan fingerprint density at radius 2 is 1.41 bits per heavy atom. The number of carbonyl (C=O) groups excluding carboxylic acids is 2. The van der Waals surface area contributed by atoms with Crippen LogP contribution in [0.2, 0.25) is 0 Å². The lowest BCUT2D eigenvalue weighted by Gasteiger charge is -2.09. The average molecular weight is 390 g/mol. The maximum Gasteiger partial charge on any atom is 0.255 e. The summed E-state index contributed by atoms with van der Waals surface area (Å²) in [5.74, 6) is 0.819. The number of azo groups is 1. The molecule has 0 bridgehead atoms. The van der Waals surface area contributed by atoms with Crippen LogP contribution in [0.25, 0.3) is 0 Å². The van der Waals surface area contributed by atoms with Gasteiger partial charge in [0.2, 0.25) is 0 Å². The second-order valence-corrected chi connectivity index (χ2v) is 8.03. The highest BCUT2D eigenvalue weighted by Crippen LogP contribution is 2.43. The van der Waals surface area contributed by atoms with Gasteiger partial charge in [-0.3, -0.25) is 9.59 Å². The predicted octanol–water partition coefficient (Wildman–Crippen LogP) is 6.55. The van der Waals surface area contributed by atoms with Gasteiger partial charge in [-0.05, 0) is 71.7 Å². The molecule has 0 N–H and O–H groups in total. The number of ketones is 2. The van der Waals surface area contributed by atoms with Crippen molar-refractivity contribution < 1.29 is 14.4 Å². The molecule has 2 aliphatic rings. The van der Waals surface area contributed by atoms with Gasteiger partial charge in [0.05, 0.1) is 5.56 Å². The van der Waals surface area contributed by atoms with Crippen LogP contribution in [0, 0.1) is 5.21 Å². The Balaban J connectivity index is 1.80. The maximum absolute atomic E-state index is 13.1. The van der Waals surface area contributed by atoms with Crippen molar-refractivity contribution in [3.8, 4) is 0 Å². The Morgan fingerprint density at radius 1 is 0.897 bits per heavy atom. The number of benzene rings is 2. The van der Waals surface area contributed by atoms with E-state index in [0.717, 1.165) is 36.8 Å². The fraction of sp³-hybridized carbons (Fsp3) is 0.417. The van der Waals surface area contributed by atoms with Crippen molar-refractivity contribution in [2.45, 2.75) is 64.2 Å². The fourth-order valence-corrected chi connectivity index (χ4v) is 3.68. The quantitative estimate of drug-likeness (QED) is 0.222. The minimum absolute atomic E-state index is 0.0453. The molecular weight excluding hydrogens is 364 g/mol. The number of hydrogen-bond acceptors (Lipinski definition) is 4. The van der Waals surface area contributed by atoms with Gasteiger partial charge in [-0.1, -0.05) is 26.0 Å². The number of Topliss-reactive ketones (excluding diaryl/α,β-unsaturated/α-hetero) is 2. The number of rotatable bonds is 8. The van der Waals surface area contributed by atoms with Crippen LogP contribution in [-0.2, 0) is 0 Å². The first kappa shape index (κ1) is 19.5. The predicted molar refractivity (Wildman–Crippen MR) is 111 cm³/mol. The molecule has 4 rings (SSSR count). The minimum atomic E-state index is -0.0880.